The van der Waals surface area contributed by atoms with Crippen LogP contribution in [0.3, 0.4) is 0 Å². The SMILES string of the molecule is C[C@H](O)c1cc([N+](=O)[O-])c(N2CCC(C)(O)C2)s1. The lowest BCUT2D eigenvalue weighted by molar-refractivity contribution is -0.383. The summed E-state index contributed by atoms with van der Waals surface area (Å²) in [4.78, 5) is 13.0. The third-order valence-corrected chi connectivity index (χ3v) is 4.42. The highest BCUT2D eigenvalue weighted by atomic mass is 32.1. The second-order valence-electron chi connectivity index (χ2n) is 4.94. The molecule has 100 valence electrons. The molecule has 0 aromatic carbocycles. The van der Waals surface area contributed by atoms with Crippen molar-refractivity contribution in [3.63, 3.8) is 0 Å². The van der Waals surface area contributed by atoms with Gasteiger partial charge in [0, 0.05) is 24.0 Å². The minimum atomic E-state index is -0.803. The molecule has 0 aliphatic carbocycles. The quantitative estimate of drug-likeness (QED) is 0.645. The molecular formula is C11H16N2O4S. The molecule has 0 amide bonds. The van der Waals surface area contributed by atoms with Crippen molar-refractivity contribution in [1.82, 2.24) is 0 Å². The number of aliphatic hydroxyl groups is 2. The van der Waals surface area contributed by atoms with Crippen molar-refractivity contribution in [2.45, 2.75) is 32.0 Å². The van der Waals surface area contributed by atoms with Gasteiger partial charge in [-0.1, -0.05) is 0 Å². The van der Waals surface area contributed by atoms with Gasteiger partial charge in [-0.3, -0.25) is 10.1 Å². The van der Waals surface area contributed by atoms with Crippen molar-refractivity contribution < 1.29 is 15.1 Å². The number of aliphatic hydroxyl groups excluding tert-OH is 1. The van der Waals surface area contributed by atoms with Crippen molar-refractivity contribution in [3.05, 3.63) is 21.1 Å². The first kappa shape index (κ1) is 13.3. The molecule has 0 spiro atoms. The lowest BCUT2D eigenvalue weighted by atomic mass is 10.1. The van der Waals surface area contributed by atoms with Crippen molar-refractivity contribution in [2.75, 3.05) is 18.0 Å². The first-order chi connectivity index (χ1) is 8.30. The summed E-state index contributed by atoms with van der Waals surface area (Å²) in [5, 5.41) is 31.0. The van der Waals surface area contributed by atoms with Crippen LogP contribution in [0.2, 0.25) is 0 Å². The average molecular weight is 272 g/mol. The number of anilines is 1. The number of thiophene rings is 1. The average Bonchev–Trinajstić information content (AvgIpc) is 2.80. The summed E-state index contributed by atoms with van der Waals surface area (Å²) in [6.45, 7) is 4.28. The van der Waals surface area contributed by atoms with E-state index in [1.165, 1.54) is 17.4 Å². The van der Waals surface area contributed by atoms with Crippen LogP contribution >= 0.6 is 11.3 Å². The molecule has 2 atom stereocenters. The molecule has 1 unspecified atom stereocenters. The van der Waals surface area contributed by atoms with Gasteiger partial charge in [-0.15, -0.1) is 11.3 Å². The van der Waals surface area contributed by atoms with E-state index in [1.807, 2.05) is 4.90 Å². The summed E-state index contributed by atoms with van der Waals surface area (Å²) in [7, 11) is 0. The molecule has 0 saturated carbocycles. The zero-order valence-corrected chi connectivity index (χ0v) is 11.1. The number of hydrogen-bond acceptors (Lipinski definition) is 6. The Labute approximate surface area is 109 Å². The maximum atomic E-state index is 11.0. The molecule has 1 aromatic rings. The Hall–Kier alpha value is -1.18. The normalized spacial score (nSPS) is 25.4. The van der Waals surface area contributed by atoms with Crippen LogP contribution in [0, 0.1) is 10.1 Å². The van der Waals surface area contributed by atoms with Gasteiger partial charge >= 0.3 is 5.69 Å². The zero-order chi connectivity index (χ0) is 13.5. The summed E-state index contributed by atoms with van der Waals surface area (Å²) < 4.78 is 0. The van der Waals surface area contributed by atoms with E-state index in [1.54, 1.807) is 13.8 Å². The highest BCUT2D eigenvalue weighted by Crippen LogP contribution is 2.42. The standard InChI is InChI=1S/C11H16N2O4S/c1-7(14)9-5-8(13(16)17)10(18-9)12-4-3-11(2,15)6-12/h5,7,14-15H,3-4,6H2,1-2H3/t7-,11?/m0/s1. The summed E-state index contributed by atoms with van der Waals surface area (Å²) in [5.74, 6) is 0. The first-order valence-electron chi connectivity index (χ1n) is 5.74. The molecule has 1 aliphatic heterocycles. The molecule has 1 saturated heterocycles. The van der Waals surface area contributed by atoms with Crippen LogP contribution in [0.15, 0.2) is 6.07 Å². The topological polar surface area (TPSA) is 86.8 Å². The Bertz CT molecular complexity index is 470. The summed E-state index contributed by atoms with van der Waals surface area (Å²) in [6, 6.07) is 1.41. The summed E-state index contributed by atoms with van der Waals surface area (Å²) >= 11 is 1.22. The van der Waals surface area contributed by atoms with Gasteiger partial charge < -0.3 is 15.1 Å². The minimum absolute atomic E-state index is 0.00796. The second kappa shape index (κ2) is 4.49. The number of β-amino-alcohol motifs (C(OH)–C–C–N with tert-alkyl or cyclic N) is 1. The van der Waals surface area contributed by atoms with Crippen LogP contribution in [0.4, 0.5) is 10.7 Å². The number of rotatable bonds is 3. The molecule has 1 aliphatic rings. The van der Waals surface area contributed by atoms with E-state index in [-0.39, 0.29) is 5.69 Å². The lowest BCUT2D eigenvalue weighted by Gasteiger charge is -2.18. The molecule has 2 heterocycles. The van der Waals surface area contributed by atoms with Crippen molar-refractivity contribution in [3.8, 4) is 0 Å². The molecule has 6 nitrogen and oxygen atoms in total. The zero-order valence-electron chi connectivity index (χ0n) is 10.3. The van der Waals surface area contributed by atoms with E-state index in [4.69, 9.17) is 0 Å². The van der Waals surface area contributed by atoms with Crippen LogP contribution in [0.1, 0.15) is 31.2 Å². The highest BCUT2D eigenvalue weighted by Gasteiger charge is 2.35. The fourth-order valence-corrected chi connectivity index (χ4v) is 3.16. The summed E-state index contributed by atoms with van der Waals surface area (Å²) in [5.41, 5.74) is -0.795. The van der Waals surface area contributed by atoms with E-state index >= 15 is 0 Å². The molecule has 1 fully saturated rings. The number of nitrogens with zero attached hydrogens (tertiary/aromatic N) is 2. The van der Waals surface area contributed by atoms with E-state index < -0.39 is 16.6 Å². The predicted molar refractivity (Wildman–Crippen MR) is 69.1 cm³/mol. The lowest BCUT2D eigenvalue weighted by Crippen LogP contribution is -2.29. The van der Waals surface area contributed by atoms with Crippen LogP contribution in [-0.2, 0) is 0 Å². The van der Waals surface area contributed by atoms with Crippen LogP contribution < -0.4 is 4.90 Å². The molecule has 2 N–H and O–H groups in total. The van der Waals surface area contributed by atoms with E-state index in [2.05, 4.69) is 0 Å². The Balaban J connectivity index is 2.35. The van der Waals surface area contributed by atoms with Gasteiger partial charge in [-0.05, 0) is 20.3 Å². The third-order valence-electron chi connectivity index (χ3n) is 3.06. The van der Waals surface area contributed by atoms with Gasteiger partial charge in [0.15, 0.2) is 5.00 Å². The Morgan fingerprint density at radius 1 is 1.67 bits per heavy atom. The molecule has 0 radical (unpaired) electrons. The van der Waals surface area contributed by atoms with Gasteiger partial charge in [-0.2, -0.15) is 0 Å². The van der Waals surface area contributed by atoms with E-state index in [9.17, 15) is 20.3 Å². The van der Waals surface area contributed by atoms with Crippen LogP contribution in [-0.4, -0.2) is 33.8 Å². The van der Waals surface area contributed by atoms with Crippen molar-refractivity contribution in [2.24, 2.45) is 0 Å². The third kappa shape index (κ3) is 2.47. The highest BCUT2D eigenvalue weighted by molar-refractivity contribution is 7.16. The fraction of sp³-hybridized carbons (Fsp3) is 0.636. The van der Waals surface area contributed by atoms with Gasteiger partial charge in [0.1, 0.15) is 0 Å². The summed E-state index contributed by atoms with van der Waals surface area (Å²) in [6.07, 6.45) is -0.128. The number of hydrogen-bond donors (Lipinski definition) is 2. The molecule has 0 bridgehead atoms. The van der Waals surface area contributed by atoms with Gasteiger partial charge in [0.25, 0.3) is 0 Å². The molecule has 7 heteroatoms. The van der Waals surface area contributed by atoms with Crippen molar-refractivity contribution >= 4 is 22.0 Å². The monoisotopic (exact) mass is 272 g/mol. The predicted octanol–water partition coefficient (Wildman–Crippen LogP) is 1.67. The Morgan fingerprint density at radius 2 is 2.33 bits per heavy atom. The maximum absolute atomic E-state index is 11.0. The number of nitro groups is 1. The van der Waals surface area contributed by atoms with E-state index in [0.717, 1.165) is 0 Å². The first-order valence-corrected chi connectivity index (χ1v) is 6.55. The van der Waals surface area contributed by atoms with Gasteiger partial charge in [-0.25, -0.2) is 0 Å². The molecule has 1 aromatic heterocycles. The van der Waals surface area contributed by atoms with E-state index in [0.29, 0.717) is 29.4 Å². The fourth-order valence-electron chi connectivity index (χ4n) is 2.07. The van der Waals surface area contributed by atoms with Gasteiger partial charge in [0.05, 0.1) is 16.6 Å². The maximum Gasteiger partial charge on any atom is 0.304 e. The Kier molecular flexibility index (Phi) is 3.31. The van der Waals surface area contributed by atoms with Crippen LogP contribution in [0.25, 0.3) is 0 Å². The van der Waals surface area contributed by atoms with Crippen molar-refractivity contribution in [1.29, 1.82) is 0 Å². The molecule has 2 rings (SSSR count). The minimum Gasteiger partial charge on any atom is -0.388 e. The van der Waals surface area contributed by atoms with Crippen LogP contribution in [0.5, 0.6) is 0 Å². The molecular weight excluding hydrogens is 256 g/mol. The Morgan fingerprint density at radius 3 is 2.78 bits per heavy atom. The van der Waals surface area contributed by atoms with Gasteiger partial charge in [0.2, 0.25) is 0 Å². The largest absolute Gasteiger partial charge is 0.388 e. The molecule has 18 heavy (non-hydrogen) atoms. The smallest absolute Gasteiger partial charge is 0.304 e. The second-order valence-corrected chi connectivity index (χ2v) is 6.00.